The van der Waals surface area contributed by atoms with Crippen molar-refractivity contribution in [1.82, 2.24) is 19.9 Å². The topological polar surface area (TPSA) is 52.8 Å². The number of piperidine rings is 1. The summed E-state index contributed by atoms with van der Waals surface area (Å²) < 4.78 is 5.32. The predicted octanol–water partition coefficient (Wildman–Crippen LogP) is 2.28. The van der Waals surface area contributed by atoms with Crippen LogP contribution in [0.2, 0.25) is 0 Å². The van der Waals surface area contributed by atoms with E-state index in [4.69, 9.17) is 4.52 Å². The van der Waals surface area contributed by atoms with Crippen LogP contribution in [0.5, 0.6) is 0 Å². The zero-order valence-corrected chi connectivity index (χ0v) is 15.9. The van der Waals surface area contributed by atoms with Crippen molar-refractivity contribution in [2.24, 2.45) is 0 Å². The van der Waals surface area contributed by atoms with Gasteiger partial charge in [0.2, 0.25) is 5.91 Å². The summed E-state index contributed by atoms with van der Waals surface area (Å²) in [5.74, 6) is 1.25. The highest BCUT2D eigenvalue weighted by Crippen LogP contribution is 2.22. The van der Waals surface area contributed by atoms with Gasteiger partial charge in [0, 0.05) is 44.8 Å². The molecule has 140 valence electrons. The number of likely N-dealkylation sites (tertiary alicyclic amines) is 1. The molecule has 0 aromatic carbocycles. The third-order valence-corrected chi connectivity index (χ3v) is 5.75. The van der Waals surface area contributed by atoms with Gasteiger partial charge < -0.3 is 9.42 Å². The van der Waals surface area contributed by atoms with Crippen LogP contribution in [-0.2, 0) is 11.3 Å². The molecule has 0 radical (unpaired) electrons. The average Bonchev–Trinajstić information content (AvgIpc) is 3.06. The summed E-state index contributed by atoms with van der Waals surface area (Å²) in [5, 5.41) is 3.95. The lowest BCUT2D eigenvalue weighted by molar-refractivity contribution is -0.141. The molecule has 2 aliphatic rings. The van der Waals surface area contributed by atoms with E-state index < -0.39 is 0 Å². The van der Waals surface area contributed by atoms with Crippen molar-refractivity contribution in [1.29, 1.82) is 0 Å². The van der Waals surface area contributed by atoms with Gasteiger partial charge in [-0.25, -0.2) is 0 Å². The predicted molar refractivity (Wildman–Crippen MR) is 97.2 cm³/mol. The molecule has 1 aromatic rings. The van der Waals surface area contributed by atoms with Gasteiger partial charge in [-0.15, -0.1) is 0 Å². The van der Waals surface area contributed by atoms with Gasteiger partial charge in [0.1, 0.15) is 0 Å². The van der Waals surface area contributed by atoms with Crippen LogP contribution in [0.4, 0.5) is 0 Å². The minimum Gasteiger partial charge on any atom is -0.360 e. The van der Waals surface area contributed by atoms with Crippen LogP contribution in [-0.4, -0.2) is 70.6 Å². The summed E-state index contributed by atoms with van der Waals surface area (Å²) in [7, 11) is 0. The molecule has 25 heavy (non-hydrogen) atoms. The van der Waals surface area contributed by atoms with E-state index in [0.717, 1.165) is 63.6 Å². The zero-order valence-electron chi connectivity index (χ0n) is 15.9. The Bertz CT molecular complexity index is 566. The van der Waals surface area contributed by atoms with Crippen LogP contribution in [0, 0.1) is 6.92 Å². The van der Waals surface area contributed by atoms with Crippen LogP contribution < -0.4 is 0 Å². The molecule has 0 saturated carbocycles. The molecule has 0 spiro atoms. The highest BCUT2D eigenvalue weighted by atomic mass is 16.5. The summed E-state index contributed by atoms with van der Waals surface area (Å²) >= 11 is 0. The number of carbonyl (C=O) groups is 1. The van der Waals surface area contributed by atoms with Crippen molar-refractivity contribution in [2.75, 3.05) is 32.7 Å². The maximum atomic E-state index is 13.0. The molecular weight excluding hydrogens is 316 g/mol. The number of nitrogens with zero attached hydrogens (tertiary/aromatic N) is 4. The third-order valence-electron chi connectivity index (χ3n) is 5.75. The number of amides is 1. The Kier molecular flexibility index (Phi) is 6.12. The second-order valence-corrected chi connectivity index (χ2v) is 7.51. The number of aromatic nitrogens is 1. The van der Waals surface area contributed by atoms with Gasteiger partial charge in [-0.05, 0) is 39.5 Å². The number of carbonyl (C=O) groups excluding carboxylic acids is 1. The van der Waals surface area contributed by atoms with Crippen molar-refractivity contribution in [3.63, 3.8) is 0 Å². The Balaban J connectivity index is 1.50. The van der Waals surface area contributed by atoms with Crippen LogP contribution in [0.1, 0.15) is 51.0 Å². The molecule has 2 saturated heterocycles. The van der Waals surface area contributed by atoms with Crippen LogP contribution in [0.3, 0.4) is 0 Å². The first-order chi connectivity index (χ1) is 12.1. The van der Waals surface area contributed by atoms with Crippen LogP contribution >= 0.6 is 0 Å². The minimum absolute atomic E-state index is 0.0122. The number of piperazine rings is 1. The molecule has 1 amide bonds. The van der Waals surface area contributed by atoms with Crippen molar-refractivity contribution in [3.8, 4) is 0 Å². The summed E-state index contributed by atoms with van der Waals surface area (Å²) in [5.41, 5.74) is 0.930. The third kappa shape index (κ3) is 4.42. The van der Waals surface area contributed by atoms with E-state index in [1.807, 2.05) is 13.0 Å². The second kappa shape index (κ2) is 8.32. The highest BCUT2D eigenvalue weighted by molar-refractivity contribution is 5.82. The average molecular weight is 348 g/mol. The van der Waals surface area contributed by atoms with Gasteiger partial charge >= 0.3 is 0 Å². The standard InChI is InChI=1S/C19H32N4O2/c1-4-17-7-5-6-8-23(17)19(24)16(3)22-11-9-21(10-12-22)14-18-13-15(2)20-25-18/h13,16-17H,4-12,14H2,1-3H3. The second-order valence-electron chi connectivity index (χ2n) is 7.51. The molecule has 0 N–H and O–H groups in total. The van der Waals surface area contributed by atoms with Crippen LogP contribution in [0.15, 0.2) is 10.6 Å². The Hall–Kier alpha value is -1.40. The molecule has 1 aromatic heterocycles. The number of aryl methyl sites for hydroxylation is 1. The first-order valence-electron chi connectivity index (χ1n) is 9.77. The van der Waals surface area contributed by atoms with E-state index in [0.29, 0.717) is 11.9 Å². The Morgan fingerprint density at radius 3 is 2.68 bits per heavy atom. The van der Waals surface area contributed by atoms with E-state index in [-0.39, 0.29) is 6.04 Å². The molecule has 3 rings (SSSR count). The lowest BCUT2D eigenvalue weighted by atomic mass is 9.99. The first-order valence-corrected chi connectivity index (χ1v) is 9.77. The zero-order chi connectivity index (χ0) is 17.8. The maximum absolute atomic E-state index is 13.0. The molecular formula is C19H32N4O2. The van der Waals surface area contributed by atoms with Gasteiger partial charge in [0.05, 0.1) is 18.3 Å². The quantitative estimate of drug-likeness (QED) is 0.817. The molecule has 0 bridgehead atoms. The largest absolute Gasteiger partial charge is 0.360 e. The minimum atomic E-state index is -0.0122. The van der Waals surface area contributed by atoms with Gasteiger partial charge in [-0.2, -0.15) is 0 Å². The number of hydrogen-bond acceptors (Lipinski definition) is 5. The highest BCUT2D eigenvalue weighted by Gasteiger charge is 2.32. The van der Waals surface area contributed by atoms with Crippen molar-refractivity contribution in [3.05, 3.63) is 17.5 Å². The van der Waals surface area contributed by atoms with E-state index in [1.165, 1.54) is 12.8 Å². The Labute approximate surface area is 151 Å². The molecule has 2 unspecified atom stereocenters. The molecule has 3 heterocycles. The lowest BCUT2D eigenvalue weighted by Crippen LogP contribution is -2.56. The lowest BCUT2D eigenvalue weighted by Gasteiger charge is -2.41. The van der Waals surface area contributed by atoms with E-state index in [2.05, 4.69) is 33.7 Å². The van der Waals surface area contributed by atoms with Crippen molar-refractivity contribution < 1.29 is 9.32 Å². The van der Waals surface area contributed by atoms with Gasteiger partial charge in [-0.3, -0.25) is 14.6 Å². The number of rotatable bonds is 5. The molecule has 2 aliphatic heterocycles. The Morgan fingerprint density at radius 2 is 2.04 bits per heavy atom. The van der Waals surface area contributed by atoms with Crippen molar-refractivity contribution >= 4 is 5.91 Å². The van der Waals surface area contributed by atoms with Gasteiger partial charge in [0.15, 0.2) is 5.76 Å². The van der Waals surface area contributed by atoms with E-state index in [1.54, 1.807) is 0 Å². The fourth-order valence-corrected chi connectivity index (χ4v) is 4.13. The molecule has 0 aliphatic carbocycles. The monoisotopic (exact) mass is 348 g/mol. The maximum Gasteiger partial charge on any atom is 0.239 e. The SMILES string of the molecule is CCC1CCCCN1C(=O)C(C)N1CCN(Cc2cc(C)no2)CC1. The summed E-state index contributed by atoms with van der Waals surface area (Å²) in [6.45, 7) is 11.8. The van der Waals surface area contributed by atoms with Crippen molar-refractivity contribution in [2.45, 2.75) is 65.1 Å². The summed E-state index contributed by atoms with van der Waals surface area (Å²) in [6.07, 6.45) is 4.65. The van der Waals surface area contributed by atoms with E-state index in [9.17, 15) is 4.79 Å². The first kappa shape index (κ1) is 18.4. The smallest absolute Gasteiger partial charge is 0.239 e. The van der Waals surface area contributed by atoms with E-state index >= 15 is 0 Å². The molecule has 2 fully saturated rings. The fraction of sp³-hybridized carbons (Fsp3) is 0.789. The number of hydrogen-bond donors (Lipinski definition) is 0. The van der Waals surface area contributed by atoms with Gasteiger partial charge in [-0.1, -0.05) is 12.1 Å². The molecule has 6 nitrogen and oxygen atoms in total. The molecule has 6 heteroatoms. The molecule has 2 atom stereocenters. The summed E-state index contributed by atoms with van der Waals surface area (Å²) in [4.78, 5) is 19.9. The van der Waals surface area contributed by atoms with Gasteiger partial charge in [0.25, 0.3) is 0 Å². The summed E-state index contributed by atoms with van der Waals surface area (Å²) in [6, 6.07) is 2.43. The van der Waals surface area contributed by atoms with Crippen LogP contribution in [0.25, 0.3) is 0 Å². The normalized spacial score (nSPS) is 24.4. The fourth-order valence-electron chi connectivity index (χ4n) is 4.13. The Morgan fingerprint density at radius 1 is 1.28 bits per heavy atom.